The Morgan fingerprint density at radius 1 is 0.680 bits per heavy atom. The van der Waals surface area contributed by atoms with Crippen LogP contribution in [0.15, 0.2) is 35.5 Å². The topological polar surface area (TPSA) is 69.5 Å². The Labute approximate surface area is 145 Å². The minimum atomic E-state index is 0.599. The third kappa shape index (κ3) is 2.76. The van der Waals surface area contributed by atoms with Crippen LogP contribution in [-0.4, -0.2) is 39.9 Å². The molecular formula is C19H19NO5. The van der Waals surface area contributed by atoms with Crippen molar-refractivity contribution in [2.45, 2.75) is 0 Å². The molecule has 0 amide bonds. The number of fused-ring (bicyclic) bond motifs is 2. The van der Waals surface area contributed by atoms with Gasteiger partial charge in [-0.3, -0.25) is 0 Å². The Balaban J connectivity index is 2.47. The molecule has 0 heterocycles. The summed E-state index contributed by atoms with van der Waals surface area (Å²) in [5.41, 5.74) is 0.747. The molecule has 3 aromatic rings. The van der Waals surface area contributed by atoms with Gasteiger partial charge in [-0.2, -0.15) is 0 Å². The molecule has 0 aromatic heterocycles. The third-order valence-electron chi connectivity index (χ3n) is 4.19. The largest absolute Gasteiger partial charge is 0.493 e. The van der Waals surface area contributed by atoms with E-state index in [1.807, 2.05) is 30.3 Å². The van der Waals surface area contributed by atoms with E-state index in [-0.39, 0.29) is 0 Å². The van der Waals surface area contributed by atoms with Crippen LogP contribution in [0, 0.1) is 0 Å². The predicted molar refractivity (Wildman–Crippen MR) is 97.0 cm³/mol. The highest BCUT2D eigenvalue weighted by molar-refractivity contribution is 6.14. The van der Waals surface area contributed by atoms with E-state index in [2.05, 4.69) is 5.16 Å². The van der Waals surface area contributed by atoms with Crippen molar-refractivity contribution in [2.24, 2.45) is 5.16 Å². The Hall–Kier alpha value is -3.15. The molecule has 6 heteroatoms. The van der Waals surface area contributed by atoms with Crippen LogP contribution in [0.4, 0.5) is 0 Å². The second-order valence-corrected chi connectivity index (χ2v) is 5.39. The maximum Gasteiger partial charge on any atom is 0.161 e. The van der Waals surface area contributed by atoms with Gasteiger partial charge in [-0.05, 0) is 51.9 Å². The number of rotatable bonds is 5. The minimum Gasteiger partial charge on any atom is -0.493 e. The molecule has 0 saturated carbocycles. The number of hydrogen-bond acceptors (Lipinski definition) is 6. The molecule has 0 radical (unpaired) electrons. The van der Waals surface area contributed by atoms with Crippen molar-refractivity contribution >= 4 is 27.8 Å². The monoisotopic (exact) mass is 341 g/mol. The van der Waals surface area contributed by atoms with Gasteiger partial charge >= 0.3 is 0 Å². The predicted octanol–water partition coefficient (Wildman–Crippen LogP) is 3.84. The Bertz CT molecular complexity index is 895. The number of methoxy groups -OCH3 is 4. The minimum absolute atomic E-state index is 0.599. The van der Waals surface area contributed by atoms with Gasteiger partial charge < -0.3 is 24.2 Å². The average Bonchev–Trinajstić information content (AvgIpc) is 2.65. The Morgan fingerprint density at radius 3 is 1.44 bits per heavy atom. The molecule has 0 atom stereocenters. The lowest BCUT2D eigenvalue weighted by Gasteiger charge is -2.15. The second-order valence-electron chi connectivity index (χ2n) is 5.39. The van der Waals surface area contributed by atoms with Crippen molar-refractivity contribution < 1.29 is 24.2 Å². The van der Waals surface area contributed by atoms with Crippen LogP contribution in [0.3, 0.4) is 0 Å². The van der Waals surface area contributed by atoms with Gasteiger partial charge in [0.15, 0.2) is 23.0 Å². The maximum atomic E-state index is 9.15. The van der Waals surface area contributed by atoms with E-state index in [1.54, 1.807) is 28.4 Å². The van der Waals surface area contributed by atoms with E-state index in [0.717, 1.165) is 27.1 Å². The van der Waals surface area contributed by atoms with Gasteiger partial charge in [0.1, 0.15) is 0 Å². The molecule has 0 aliphatic carbocycles. The summed E-state index contributed by atoms with van der Waals surface area (Å²) in [7, 11) is 6.35. The first kappa shape index (κ1) is 16.7. The molecule has 0 unspecified atom stereocenters. The van der Waals surface area contributed by atoms with E-state index in [9.17, 15) is 0 Å². The molecule has 0 aliphatic heterocycles. The van der Waals surface area contributed by atoms with Gasteiger partial charge in [0, 0.05) is 5.56 Å². The molecule has 1 N–H and O–H groups in total. The standard InChI is InChI=1S/C19H19NO5/c1-22-16-6-11-5-12-7-17(23-2)19(25-4)9-14(12)15(10-20-21)13(11)8-18(16)24-3/h5-10,21H,1-4H3/b20-10+. The van der Waals surface area contributed by atoms with Crippen molar-refractivity contribution in [3.8, 4) is 23.0 Å². The van der Waals surface area contributed by atoms with Gasteiger partial charge in [0.2, 0.25) is 0 Å². The molecule has 25 heavy (non-hydrogen) atoms. The van der Waals surface area contributed by atoms with E-state index in [1.165, 1.54) is 6.21 Å². The van der Waals surface area contributed by atoms with Crippen molar-refractivity contribution in [3.63, 3.8) is 0 Å². The molecule has 6 nitrogen and oxygen atoms in total. The molecule has 3 aromatic carbocycles. The van der Waals surface area contributed by atoms with E-state index in [4.69, 9.17) is 24.2 Å². The highest BCUT2D eigenvalue weighted by Gasteiger charge is 2.14. The van der Waals surface area contributed by atoms with Crippen molar-refractivity contribution in [1.82, 2.24) is 0 Å². The van der Waals surface area contributed by atoms with E-state index < -0.39 is 0 Å². The first-order chi connectivity index (χ1) is 12.2. The van der Waals surface area contributed by atoms with Gasteiger partial charge in [-0.15, -0.1) is 0 Å². The normalized spacial score (nSPS) is 11.2. The molecule has 0 saturated heterocycles. The van der Waals surface area contributed by atoms with Crippen LogP contribution in [0.2, 0.25) is 0 Å². The summed E-state index contributed by atoms with van der Waals surface area (Å²) in [5.74, 6) is 2.45. The van der Waals surface area contributed by atoms with Crippen molar-refractivity contribution in [2.75, 3.05) is 28.4 Å². The summed E-state index contributed by atoms with van der Waals surface area (Å²) < 4.78 is 21.6. The zero-order chi connectivity index (χ0) is 18.0. The number of benzene rings is 3. The molecule has 0 bridgehead atoms. The first-order valence-corrected chi connectivity index (χ1v) is 7.58. The van der Waals surface area contributed by atoms with Crippen LogP contribution >= 0.6 is 0 Å². The quantitative estimate of drug-likeness (QED) is 0.330. The molecule has 0 spiro atoms. The van der Waals surface area contributed by atoms with E-state index >= 15 is 0 Å². The average molecular weight is 341 g/mol. The van der Waals surface area contributed by atoms with Crippen LogP contribution in [-0.2, 0) is 0 Å². The van der Waals surface area contributed by atoms with Crippen molar-refractivity contribution in [1.29, 1.82) is 0 Å². The first-order valence-electron chi connectivity index (χ1n) is 7.58. The summed E-state index contributed by atoms with van der Waals surface area (Å²) in [5, 5.41) is 16.0. The zero-order valence-electron chi connectivity index (χ0n) is 14.5. The smallest absolute Gasteiger partial charge is 0.161 e. The summed E-state index contributed by atoms with van der Waals surface area (Å²) in [6, 6.07) is 9.52. The summed E-state index contributed by atoms with van der Waals surface area (Å²) >= 11 is 0. The highest BCUT2D eigenvalue weighted by Crippen LogP contribution is 2.39. The molecule has 0 aliphatic rings. The van der Waals surface area contributed by atoms with Gasteiger partial charge in [-0.25, -0.2) is 0 Å². The number of ether oxygens (including phenoxy) is 4. The van der Waals surface area contributed by atoms with Crippen LogP contribution < -0.4 is 18.9 Å². The molecular weight excluding hydrogens is 322 g/mol. The lowest BCUT2D eigenvalue weighted by Crippen LogP contribution is -1.96. The second kappa shape index (κ2) is 6.76. The van der Waals surface area contributed by atoms with Crippen LogP contribution in [0.5, 0.6) is 23.0 Å². The van der Waals surface area contributed by atoms with Crippen molar-refractivity contribution in [3.05, 3.63) is 35.9 Å². The lowest BCUT2D eigenvalue weighted by atomic mass is 9.96. The fourth-order valence-electron chi connectivity index (χ4n) is 3.00. The fraction of sp³-hybridized carbons (Fsp3) is 0.211. The summed E-state index contributed by atoms with van der Waals surface area (Å²) in [6.07, 6.45) is 1.41. The Kier molecular flexibility index (Phi) is 4.52. The van der Waals surface area contributed by atoms with Crippen LogP contribution in [0.25, 0.3) is 21.5 Å². The summed E-state index contributed by atoms with van der Waals surface area (Å²) in [4.78, 5) is 0. The fourth-order valence-corrected chi connectivity index (χ4v) is 3.00. The van der Waals surface area contributed by atoms with Gasteiger partial charge in [0.25, 0.3) is 0 Å². The molecule has 0 fully saturated rings. The number of hydrogen-bond donors (Lipinski definition) is 1. The van der Waals surface area contributed by atoms with Gasteiger partial charge in [0.05, 0.1) is 34.7 Å². The highest BCUT2D eigenvalue weighted by atomic mass is 16.5. The Morgan fingerprint density at radius 2 is 1.08 bits per heavy atom. The zero-order valence-corrected chi connectivity index (χ0v) is 14.5. The number of nitrogens with zero attached hydrogens (tertiary/aromatic N) is 1. The molecule has 130 valence electrons. The SMILES string of the molecule is COc1cc2cc3cc(OC)c(OC)cc3c(/C=N/O)c2cc1OC. The maximum absolute atomic E-state index is 9.15. The molecule has 3 rings (SSSR count). The lowest BCUT2D eigenvalue weighted by molar-refractivity contribution is 0.322. The van der Waals surface area contributed by atoms with Gasteiger partial charge in [-0.1, -0.05) is 5.16 Å². The third-order valence-corrected chi connectivity index (χ3v) is 4.19. The van der Waals surface area contributed by atoms with Crippen LogP contribution in [0.1, 0.15) is 5.56 Å². The van der Waals surface area contributed by atoms with E-state index in [0.29, 0.717) is 23.0 Å². The summed E-state index contributed by atoms with van der Waals surface area (Å²) in [6.45, 7) is 0. The number of oxime groups is 1.